The summed E-state index contributed by atoms with van der Waals surface area (Å²) in [5.41, 5.74) is 10.5. The predicted molar refractivity (Wildman–Crippen MR) is 152 cm³/mol. The van der Waals surface area contributed by atoms with Gasteiger partial charge >= 0.3 is 0 Å². The molecule has 0 aromatic heterocycles. The minimum Gasteiger partial charge on any atom is -0.462 e. The van der Waals surface area contributed by atoms with Gasteiger partial charge < -0.3 is 25.8 Å². The van der Waals surface area contributed by atoms with Crippen LogP contribution in [0, 0.1) is 0 Å². The molecule has 7 nitrogen and oxygen atoms in total. The molecule has 1 saturated heterocycles. The first kappa shape index (κ1) is 26.1. The number of carbonyl (C=O) groups is 1. The number of nitrogens with one attached hydrogen (secondary N) is 1. The lowest BCUT2D eigenvalue weighted by Gasteiger charge is -2.41. The van der Waals surface area contributed by atoms with Gasteiger partial charge in [0.25, 0.3) is 0 Å². The lowest BCUT2D eigenvalue weighted by Crippen LogP contribution is -2.58. The third-order valence-electron chi connectivity index (χ3n) is 7.20. The van der Waals surface area contributed by atoms with Crippen LogP contribution in [0.1, 0.15) is 31.4 Å². The molecule has 4 N–H and O–H groups in total. The summed E-state index contributed by atoms with van der Waals surface area (Å²) in [5, 5.41) is 14.6. The lowest BCUT2D eigenvalue weighted by molar-refractivity contribution is -0.120. The molecule has 3 heterocycles. The van der Waals surface area contributed by atoms with E-state index in [2.05, 4.69) is 27.3 Å². The summed E-state index contributed by atoms with van der Waals surface area (Å²) in [6.45, 7) is 6.41. The minimum atomic E-state index is -0.977. The summed E-state index contributed by atoms with van der Waals surface area (Å²) < 4.78 is 6.02. The Morgan fingerprint density at radius 1 is 1.24 bits per heavy atom. The molecular weight excluding hydrogens is 500 g/mol. The number of primary amides is 1. The van der Waals surface area contributed by atoms with Crippen molar-refractivity contribution < 1.29 is 14.6 Å². The zero-order chi connectivity index (χ0) is 26.9. The van der Waals surface area contributed by atoms with Crippen LogP contribution < -0.4 is 20.7 Å². The third kappa shape index (κ3) is 5.50. The fraction of sp³-hybridized carbons (Fsp3) is 0.300. The number of benzene rings is 2. The number of dihydropyridines is 1. The smallest absolute Gasteiger partial charge is 0.241 e. The molecule has 8 heteroatoms. The van der Waals surface area contributed by atoms with Crippen LogP contribution in [-0.2, 0) is 10.4 Å². The molecule has 0 aliphatic carbocycles. The summed E-state index contributed by atoms with van der Waals surface area (Å²) in [4.78, 5) is 16.7. The molecule has 0 saturated carbocycles. The molecule has 1 atom stereocenters. The molecule has 38 heavy (non-hydrogen) atoms. The number of carbonyl (C=O) groups excluding carboxylic acids is 1. The average Bonchev–Trinajstić information content (AvgIpc) is 3.05. The van der Waals surface area contributed by atoms with Crippen molar-refractivity contribution in [1.29, 1.82) is 0 Å². The van der Waals surface area contributed by atoms with Gasteiger partial charge in [-0.1, -0.05) is 29.8 Å². The normalized spacial score (nSPS) is 20.5. The van der Waals surface area contributed by atoms with E-state index in [0.29, 0.717) is 18.1 Å². The Bertz CT molecular complexity index is 1340. The molecule has 0 radical (unpaired) electrons. The Balaban J connectivity index is 1.37. The van der Waals surface area contributed by atoms with Crippen molar-refractivity contribution in [2.45, 2.75) is 31.9 Å². The van der Waals surface area contributed by atoms with E-state index in [1.54, 1.807) is 20.1 Å². The first-order valence-electron chi connectivity index (χ1n) is 12.8. The number of hydrogen-bond donors (Lipinski definition) is 3. The van der Waals surface area contributed by atoms with Gasteiger partial charge in [-0.25, -0.2) is 0 Å². The summed E-state index contributed by atoms with van der Waals surface area (Å²) in [5.74, 6) is 0.399. The molecule has 198 valence electrons. The van der Waals surface area contributed by atoms with E-state index in [4.69, 9.17) is 22.1 Å². The van der Waals surface area contributed by atoms with Crippen LogP contribution in [0.2, 0.25) is 5.02 Å². The number of allylic oxidation sites excluding steroid dienone is 3. The third-order valence-corrected chi connectivity index (χ3v) is 7.46. The molecule has 0 spiro atoms. The van der Waals surface area contributed by atoms with Crippen molar-refractivity contribution in [3.05, 3.63) is 101 Å². The van der Waals surface area contributed by atoms with Gasteiger partial charge in [0.1, 0.15) is 18.1 Å². The molecule has 5 rings (SSSR count). The topological polar surface area (TPSA) is 91.1 Å². The van der Waals surface area contributed by atoms with Gasteiger partial charge in [-0.15, -0.1) is 0 Å². The molecular formula is C30H33ClN4O3. The van der Waals surface area contributed by atoms with Crippen molar-refractivity contribution in [3.8, 4) is 5.75 Å². The van der Waals surface area contributed by atoms with Crippen molar-refractivity contribution in [3.63, 3.8) is 0 Å². The molecule has 1 unspecified atom stereocenters. The van der Waals surface area contributed by atoms with Crippen LogP contribution in [0.4, 0.5) is 5.69 Å². The fourth-order valence-electron chi connectivity index (χ4n) is 5.11. The largest absolute Gasteiger partial charge is 0.462 e. The van der Waals surface area contributed by atoms with Gasteiger partial charge in [0.2, 0.25) is 5.91 Å². The number of hydrogen-bond acceptors (Lipinski definition) is 6. The van der Waals surface area contributed by atoms with E-state index >= 15 is 0 Å². The van der Waals surface area contributed by atoms with E-state index in [-0.39, 0.29) is 5.91 Å². The second kappa shape index (κ2) is 10.7. The van der Waals surface area contributed by atoms with Crippen molar-refractivity contribution in [2.24, 2.45) is 5.73 Å². The minimum absolute atomic E-state index is 0.336. The second-order valence-corrected chi connectivity index (χ2v) is 10.7. The van der Waals surface area contributed by atoms with Crippen LogP contribution in [0.3, 0.4) is 0 Å². The molecule has 0 bridgehead atoms. The highest BCUT2D eigenvalue weighted by molar-refractivity contribution is 6.30. The zero-order valence-corrected chi connectivity index (χ0v) is 22.4. The first-order chi connectivity index (χ1) is 18.2. The Hall–Kier alpha value is -3.52. The number of nitrogens with zero attached hydrogens (tertiary/aromatic N) is 2. The first-order valence-corrected chi connectivity index (χ1v) is 13.2. The van der Waals surface area contributed by atoms with Gasteiger partial charge in [0.15, 0.2) is 0 Å². The van der Waals surface area contributed by atoms with E-state index < -0.39 is 11.6 Å². The summed E-state index contributed by atoms with van der Waals surface area (Å²) >= 11 is 6.05. The quantitative estimate of drug-likeness (QED) is 0.514. The molecule has 3 aliphatic rings. The van der Waals surface area contributed by atoms with Gasteiger partial charge in [-0.05, 0) is 73.9 Å². The van der Waals surface area contributed by atoms with E-state index in [9.17, 15) is 9.90 Å². The van der Waals surface area contributed by atoms with Crippen LogP contribution in [0.15, 0.2) is 84.4 Å². The fourth-order valence-corrected chi connectivity index (χ4v) is 5.24. The lowest BCUT2D eigenvalue weighted by atomic mass is 9.89. The van der Waals surface area contributed by atoms with Crippen molar-refractivity contribution >= 4 is 28.8 Å². The monoisotopic (exact) mass is 532 g/mol. The summed E-state index contributed by atoms with van der Waals surface area (Å²) in [6.07, 6.45) is 10.6. The Labute approximate surface area is 228 Å². The van der Waals surface area contributed by atoms with Gasteiger partial charge in [0, 0.05) is 54.2 Å². The van der Waals surface area contributed by atoms with Crippen molar-refractivity contribution in [2.75, 3.05) is 31.1 Å². The predicted octanol–water partition coefficient (Wildman–Crippen LogP) is 4.29. The van der Waals surface area contributed by atoms with Crippen LogP contribution in [-0.4, -0.2) is 48.1 Å². The highest BCUT2D eigenvalue weighted by Crippen LogP contribution is 2.40. The van der Waals surface area contributed by atoms with E-state index in [1.165, 1.54) is 0 Å². The summed E-state index contributed by atoms with van der Waals surface area (Å²) in [7, 11) is 0. The van der Waals surface area contributed by atoms with Crippen molar-refractivity contribution in [1.82, 2.24) is 10.2 Å². The number of rotatable bonds is 6. The molecule has 3 aliphatic heterocycles. The van der Waals surface area contributed by atoms with Crippen LogP contribution in [0.25, 0.3) is 5.57 Å². The molecule has 2 aromatic rings. The zero-order valence-electron chi connectivity index (χ0n) is 21.7. The number of nitrogens with two attached hydrogens (primary N) is 1. The SMILES string of the molecule is CC(C)(O)c1ccc2c(c1)C(=CCCN1CCN(c3ccc(Cl)cc3)C(C(N)=O)C1)C1=CC=CNC1=CO2. The van der Waals surface area contributed by atoms with Gasteiger partial charge in [-0.2, -0.15) is 0 Å². The maximum absolute atomic E-state index is 12.4. The maximum atomic E-state index is 12.4. The van der Waals surface area contributed by atoms with Crippen LogP contribution in [0.5, 0.6) is 5.75 Å². The number of anilines is 1. The Kier molecular flexibility index (Phi) is 7.34. The number of ether oxygens (including phenoxy) is 1. The number of fused-ring (bicyclic) bond motifs is 2. The molecule has 1 amide bonds. The standard InChI is InChI=1S/C30H33ClN4O3/c1-30(2,37)20-7-12-28-25(17-20)23(24-5-3-13-33-26(24)19-38-28)6-4-14-34-15-16-35(27(18-34)29(32)36)22-10-8-21(31)9-11-22/h3,5-13,17,19,27,33,37H,4,14-16,18H2,1-2H3,(H2,32,36). The van der Waals surface area contributed by atoms with E-state index in [1.807, 2.05) is 54.7 Å². The van der Waals surface area contributed by atoms with Crippen LogP contribution >= 0.6 is 11.6 Å². The molecule has 1 fully saturated rings. The number of amides is 1. The van der Waals surface area contributed by atoms with Gasteiger partial charge in [-0.3, -0.25) is 9.69 Å². The second-order valence-electron chi connectivity index (χ2n) is 10.3. The highest BCUT2D eigenvalue weighted by atomic mass is 35.5. The highest BCUT2D eigenvalue weighted by Gasteiger charge is 2.31. The summed E-state index contributed by atoms with van der Waals surface area (Å²) in [6, 6.07) is 12.9. The maximum Gasteiger partial charge on any atom is 0.241 e. The average molecular weight is 533 g/mol. The number of aliphatic hydroxyl groups is 1. The van der Waals surface area contributed by atoms with Gasteiger partial charge in [0.05, 0.1) is 11.3 Å². The number of halogens is 1. The molecule has 2 aromatic carbocycles. The Morgan fingerprint density at radius 3 is 2.76 bits per heavy atom. The van der Waals surface area contributed by atoms with E-state index in [0.717, 1.165) is 58.9 Å². The Morgan fingerprint density at radius 2 is 2.03 bits per heavy atom. The number of piperazine rings is 1.